The van der Waals surface area contributed by atoms with Gasteiger partial charge in [0.15, 0.2) is 0 Å². The topological polar surface area (TPSA) is 63.4 Å². The SMILES string of the molecule is Nc1ccc2ccnc(Nc3ccc(N4CCOCC4)cc3)c2c1. The summed E-state index contributed by atoms with van der Waals surface area (Å²) in [7, 11) is 0. The number of pyridine rings is 1. The zero-order chi connectivity index (χ0) is 16.4. The number of anilines is 4. The Kier molecular flexibility index (Phi) is 3.92. The number of ether oxygens (including phenoxy) is 1. The van der Waals surface area contributed by atoms with Gasteiger partial charge in [-0.15, -0.1) is 0 Å². The van der Waals surface area contributed by atoms with Gasteiger partial charge in [-0.2, -0.15) is 0 Å². The zero-order valence-electron chi connectivity index (χ0n) is 13.4. The molecule has 1 aliphatic heterocycles. The van der Waals surface area contributed by atoms with Crippen molar-refractivity contribution in [2.45, 2.75) is 0 Å². The van der Waals surface area contributed by atoms with Crippen molar-refractivity contribution in [1.82, 2.24) is 4.98 Å². The number of nitrogens with two attached hydrogens (primary N) is 1. The number of nitrogen functional groups attached to an aromatic ring is 1. The van der Waals surface area contributed by atoms with Crippen LogP contribution in [0.5, 0.6) is 0 Å². The predicted octanol–water partition coefficient (Wildman–Crippen LogP) is 3.40. The lowest BCUT2D eigenvalue weighted by Gasteiger charge is -2.28. The smallest absolute Gasteiger partial charge is 0.138 e. The Morgan fingerprint density at radius 2 is 1.79 bits per heavy atom. The number of nitrogens with one attached hydrogen (secondary N) is 1. The summed E-state index contributed by atoms with van der Waals surface area (Å²) in [6, 6.07) is 16.3. The van der Waals surface area contributed by atoms with Gasteiger partial charge in [-0.1, -0.05) is 6.07 Å². The fourth-order valence-electron chi connectivity index (χ4n) is 3.00. The molecule has 0 amide bonds. The van der Waals surface area contributed by atoms with Crippen LogP contribution in [-0.4, -0.2) is 31.3 Å². The van der Waals surface area contributed by atoms with E-state index in [4.69, 9.17) is 10.5 Å². The Bertz CT molecular complexity index is 842. The number of nitrogens with zero attached hydrogens (tertiary/aromatic N) is 2. The first-order chi connectivity index (χ1) is 11.8. The number of aromatic nitrogens is 1. The van der Waals surface area contributed by atoms with Crippen LogP contribution in [-0.2, 0) is 4.74 Å². The van der Waals surface area contributed by atoms with Gasteiger partial charge in [0.05, 0.1) is 13.2 Å². The summed E-state index contributed by atoms with van der Waals surface area (Å²) >= 11 is 0. The highest BCUT2D eigenvalue weighted by Crippen LogP contribution is 2.27. The van der Waals surface area contributed by atoms with Crippen LogP contribution in [0, 0.1) is 0 Å². The highest BCUT2D eigenvalue weighted by Gasteiger charge is 2.11. The van der Waals surface area contributed by atoms with Crippen LogP contribution < -0.4 is 16.0 Å². The monoisotopic (exact) mass is 320 g/mol. The number of hydrogen-bond donors (Lipinski definition) is 2. The standard InChI is InChI=1S/C19H20N4O/c20-15-2-1-14-7-8-21-19(18(14)13-15)22-16-3-5-17(6-4-16)23-9-11-24-12-10-23/h1-8,13H,9-12,20H2,(H,21,22). The van der Waals surface area contributed by atoms with Gasteiger partial charge in [-0.05, 0) is 47.9 Å². The molecule has 5 nitrogen and oxygen atoms in total. The van der Waals surface area contributed by atoms with Gasteiger partial charge in [-0.25, -0.2) is 4.98 Å². The third-order valence-corrected chi connectivity index (χ3v) is 4.30. The van der Waals surface area contributed by atoms with Crippen LogP contribution in [0.2, 0.25) is 0 Å². The maximum Gasteiger partial charge on any atom is 0.138 e. The van der Waals surface area contributed by atoms with Crippen molar-refractivity contribution in [2.75, 3.05) is 42.3 Å². The summed E-state index contributed by atoms with van der Waals surface area (Å²) in [4.78, 5) is 6.80. The molecule has 0 bridgehead atoms. The number of rotatable bonds is 3. The minimum Gasteiger partial charge on any atom is -0.399 e. The molecule has 24 heavy (non-hydrogen) atoms. The van der Waals surface area contributed by atoms with Gasteiger partial charge in [-0.3, -0.25) is 0 Å². The molecule has 0 spiro atoms. The highest BCUT2D eigenvalue weighted by molar-refractivity contribution is 5.95. The highest BCUT2D eigenvalue weighted by atomic mass is 16.5. The van der Waals surface area contributed by atoms with E-state index in [1.807, 2.05) is 30.5 Å². The van der Waals surface area contributed by atoms with E-state index >= 15 is 0 Å². The van der Waals surface area contributed by atoms with Crippen molar-refractivity contribution in [3.8, 4) is 0 Å². The van der Waals surface area contributed by atoms with E-state index in [-0.39, 0.29) is 0 Å². The molecule has 5 heteroatoms. The lowest BCUT2D eigenvalue weighted by Crippen LogP contribution is -2.36. The Morgan fingerprint density at radius 1 is 1.00 bits per heavy atom. The summed E-state index contributed by atoms with van der Waals surface area (Å²) in [5.74, 6) is 0.818. The maximum absolute atomic E-state index is 5.92. The molecule has 3 N–H and O–H groups in total. The van der Waals surface area contributed by atoms with Crippen LogP contribution in [0.15, 0.2) is 54.7 Å². The molecule has 3 aromatic rings. The molecule has 1 aromatic heterocycles. The minimum absolute atomic E-state index is 0.737. The molecular formula is C19H20N4O. The van der Waals surface area contributed by atoms with Crippen LogP contribution in [0.1, 0.15) is 0 Å². The van der Waals surface area contributed by atoms with Gasteiger partial charge >= 0.3 is 0 Å². The quantitative estimate of drug-likeness (QED) is 0.724. The lowest BCUT2D eigenvalue weighted by atomic mass is 10.1. The van der Waals surface area contributed by atoms with Crippen molar-refractivity contribution in [3.05, 3.63) is 54.7 Å². The van der Waals surface area contributed by atoms with Crippen molar-refractivity contribution < 1.29 is 4.74 Å². The minimum atomic E-state index is 0.737. The molecule has 2 aromatic carbocycles. The first-order valence-corrected chi connectivity index (χ1v) is 8.14. The van der Waals surface area contributed by atoms with Crippen LogP contribution in [0.25, 0.3) is 10.8 Å². The predicted molar refractivity (Wildman–Crippen MR) is 98.9 cm³/mol. The average molecular weight is 320 g/mol. The summed E-state index contributed by atoms with van der Waals surface area (Å²) in [6.07, 6.45) is 1.81. The fraction of sp³-hybridized carbons (Fsp3) is 0.211. The lowest BCUT2D eigenvalue weighted by molar-refractivity contribution is 0.122. The van der Waals surface area contributed by atoms with E-state index in [2.05, 4.69) is 39.5 Å². The van der Waals surface area contributed by atoms with Gasteiger partial charge < -0.3 is 20.7 Å². The second kappa shape index (κ2) is 6.37. The molecular weight excluding hydrogens is 300 g/mol. The normalized spacial score (nSPS) is 14.8. The molecule has 122 valence electrons. The molecule has 1 aliphatic rings. The van der Waals surface area contributed by atoms with Gasteiger partial charge in [0, 0.05) is 41.7 Å². The molecule has 1 saturated heterocycles. The number of hydrogen-bond acceptors (Lipinski definition) is 5. The number of morpholine rings is 1. The summed E-state index contributed by atoms with van der Waals surface area (Å²) in [6.45, 7) is 3.47. The third-order valence-electron chi connectivity index (χ3n) is 4.30. The van der Waals surface area contributed by atoms with Crippen LogP contribution in [0.3, 0.4) is 0 Å². The Hall–Kier alpha value is -2.79. The van der Waals surface area contributed by atoms with Crippen molar-refractivity contribution >= 4 is 33.7 Å². The van der Waals surface area contributed by atoms with Gasteiger partial charge in [0.1, 0.15) is 5.82 Å². The molecule has 0 unspecified atom stereocenters. The molecule has 4 rings (SSSR count). The summed E-state index contributed by atoms with van der Waals surface area (Å²) in [5.41, 5.74) is 8.88. The number of fused-ring (bicyclic) bond motifs is 1. The van der Waals surface area contributed by atoms with Crippen molar-refractivity contribution in [3.63, 3.8) is 0 Å². The summed E-state index contributed by atoms with van der Waals surface area (Å²) in [5, 5.41) is 5.53. The molecule has 1 fully saturated rings. The molecule has 0 atom stereocenters. The average Bonchev–Trinajstić information content (AvgIpc) is 2.64. The van der Waals surface area contributed by atoms with E-state index in [1.54, 1.807) is 0 Å². The number of benzene rings is 2. The second-order valence-electron chi connectivity index (χ2n) is 5.91. The van der Waals surface area contributed by atoms with E-state index in [9.17, 15) is 0 Å². The fourth-order valence-corrected chi connectivity index (χ4v) is 3.00. The van der Waals surface area contributed by atoms with Crippen LogP contribution >= 0.6 is 0 Å². The molecule has 2 heterocycles. The first kappa shape index (κ1) is 14.8. The van der Waals surface area contributed by atoms with E-state index in [0.29, 0.717) is 0 Å². The maximum atomic E-state index is 5.92. The Morgan fingerprint density at radius 3 is 2.58 bits per heavy atom. The second-order valence-corrected chi connectivity index (χ2v) is 5.91. The third kappa shape index (κ3) is 2.98. The van der Waals surface area contributed by atoms with E-state index in [1.165, 1.54) is 5.69 Å². The molecule has 0 saturated carbocycles. The van der Waals surface area contributed by atoms with Crippen molar-refractivity contribution in [1.29, 1.82) is 0 Å². The summed E-state index contributed by atoms with van der Waals surface area (Å²) < 4.78 is 5.40. The Labute approximate surface area is 141 Å². The van der Waals surface area contributed by atoms with Gasteiger partial charge in [0.2, 0.25) is 0 Å². The van der Waals surface area contributed by atoms with Crippen LogP contribution in [0.4, 0.5) is 22.9 Å². The zero-order valence-corrected chi connectivity index (χ0v) is 13.4. The van der Waals surface area contributed by atoms with Crippen molar-refractivity contribution in [2.24, 2.45) is 0 Å². The first-order valence-electron chi connectivity index (χ1n) is 8.14. The van der Waals surface area contributed by atoms with E-state index in [0.717, 1.165) is 54.3 Å². The molecule has 0 aliphatic carbocycles. The Balaban J connectivity index is 1.58. The van der Waals surface area contributed by atoms with Gasteiger partial charge in [0.25, 0.3) is 0 Å². The molecule has 0 radical (unpaired) electrons. The van der Waals surface area contributed by atoms with E-state index < -0.39 is 0 Å². The largest absolute Gasteiger partial charge is 0.399 e.